The molecule has 0 aliphatic heterocycles. The first-order chi connectivity index (χ1) is 17.8. The molecule has 4 atom stereocenters. The second kappa shape index (κ2) is 13.2. The quantitative estimate of drug-likeness (QED) is 0.150. The van der Waals surface area contributed by atoms with Gasteiger partial charge in [0.25, 0.3) is 0 Å². The third-order valence-electron chi connectivity index (χ3n) is 5.76. The number of amides is 3. The van der Waals surface area contributed by atoms with E-state index >= 15 is 0 Å². The Kier molecular flexibility index (Phi) is 10.3. The molecule has 14 heteroatoms. The lowest BCUT2D eigenvalue weighted by molar-refractivity contribution is -0.147. The zero-order valence-electron chi connectivity index (χ0n) is 20.8. The Hall–Kier alpha value is -4.46. The number of carboxylic acid groups (broad SMARTS) is 3. The number of benzene rings is 1. The molecule has 0 radical (unpaired) electrons. The molecule has 38 heavy (non-hydrogen) atoms. The fourth-order valence-electron chi connectivity index (χ4n) is 3.60. The first-order valence-corrected chi connectivity index (χ1v) is 11.7. The molecule has 1 aromatic heterocycles. The largest absolute Gasteiger partial charge is 0.481 e. The average Bonchev–Trinajstić information content (AvgIpc) is 3.24. The summed E-state index contributed by atoms with van der Waals surface area (Å²) in [5.41, 5.74) is 7.08. The van der Waals surface area contributed by atoms with Crippen LogP contribution in [-0.4, -0.2) is 80.1 Å². The van der Waals surface area contributed by atoms with E-state index in [1.807, 2.05) is 0 Å². The van der Waals surface area contributed by atoms with Crippen LogP contribution in [0.25, 0.3) is 10.9 Å². The third kappa shape index (κ3) is 8.30. The molecule has 1 heterocycles. The van der Waals surface area contributed by atoms with Crippen LogP contribution in [-0.2, 0) is 35.2 Å². The molecule has 0 aliphatic carbocycles. The van der Waals surface area contributed by atoms with E-state index in [2.05, 4.69) is 20.9 Å². The lowest BCUT2D eigenvalue weighted by Gasteiger charge is -2.25. The average molecular weight is 534 g/mol. The number of nitrogens with one attached hydrogen (secondary N) is 4. The number of carbonyl (C=O) groups excluding carboxylic acids is 3. The molecule has 0 saturated carbocycles. The van der Waals surface area contributed by atoms with Crippen molar-refractivity contribution in [2.45, 2.75) is 57.3 Å². The minimum absolute atomic E-state index is 0.166. The van der Waals surface area contributed by atoms with E-state index in [-0.39, 0.29) is 12.3 Å². The smallest absolute Gasteiger partial charge is 0.326 e. The Bertz CT molecular complexity index is 1210. The van der Waals surface area contributed by atoms with Gasteiger partial charge < -0.3 is 42.0 Å². The predicted octanol–water partition coefficient (Wildman–Crippen LogP) is -0.818. The SMILES string of the molecule is CC(C)C(N)C(=O)NC(CC(=O)O)C(=O)NC(Cc1c[nH]c2ccccc12)C(=O)NC(CC(=O)O)C(=O)O. The Balaban J connectivity index is 2.35. The topological polar surface area (TPSA) is 241 Å². The predicted molar refractivity (Wildman–Crippen MR) is 133 cm³/mol. The maximum atomic E-state index is 13.1. The van der Waals surface area contributed by atoms with Gasteiger partial charge in [0.05, 0.1) is 18.9 Å². The highest BCUT2D eigenvalue weighted by atomic mass is 16.4. The second-order valence-corrected chi connectivity index (χ2v) is 9.05. The number of aliphatic carboxylic acids is 3. The van der Waals surface area contributed by atoms with Crippen molar-refractivity contribution in [1.82, 2.24) is 20.9 Å². The lowest BCUT2D eigenvalue weighted by atomic mass is 10.0. The summed E-state index contributed by atoms with van der Waals surface area (Å²) in [5.74, 6) is -7.61. The minimum atomic E-state index is -1.79. The Morgan fingerprint density at radius 1 is 0.816 bits per heavy atom. The van der Waals surface area contributed by atoms with Gasteiger partial charge in [-0.25, -0.2) is 4.79 Å². The van der Waals surface area contributed by atoms with E-state index < -0.39 is 72.6 Å². The fourth-order valence-corrected chi connectivity index (χ4v) is 3.60. The molecule has 9 N–H and O–H groups in total. The molecule has 1 aromatic carbocycles. The van der Waals surface area contributed by atoms with Gasteiger partial charge in [-0.05, 0) is 17.5 Å². The Morgan fingerprint density at radius 2 is 1.34 bits per heavy atom. The number of para-hydroxylation sites is 1. The maximum absolute atomic E-state index is 13.1. The van der Waals surface area contributed by atoms with Crippen LogP contribution in [0.2, 0.25) is 0 Å². The fraction of sp³-hybridized carbons (Fsp3) is 0.417. The summed E-state index contributed by atoms with van der Waals surface area (Å²) >= 11 is 0. The Morgan fingerprint density at radius 3 is 1.92 bits per heavy atom. The standard InChI is InChI=1S/C24H31N5O9/c1-11(2)20(25)23(36)28-16(8-18(30)31)22(35)27-15(21(34)29-17(24(37)38)9-19(32)33)7-12-10-26-14-6-4-3-5-13(12)14/h3-6,10-11,15-17,20,26H,7-9,25H2,1-2H3,(H,27,35)(H,28,36)(H,29,34)(H,30,31)(H,32,33)(H,37,38). The van der Waals surface area contributed by atoms with Crippen molar-refractivity contribution in [1.29, 1.82) is 0 Å². The number of hydrogen-bond donors (Lipinski definition) is 8. The van der Waals surface area contributed by atoms with Crippen LogP contribution in [0.1, 0.15) is 32.3 Å². The van der Waals surface area contributed by atoms with Crippen molar-refractivity contribution >= 4 is 46.5 Å². The number of carboxylic acids is 3. The number of aromatic amines is 1. The molecule has 206 valence electrons. The van der Waals surface area contributed by atoms with E-state index in [1.54, 1.807) is 44.3 Å². The summed E-state index contributed by atoms with van der Waals surface area (Å²) in [7, 11) is 0. The molecule has 0 bridgehead atoms. The van der Waals surface area contributed by atoms with Crippen molar-refractivity contribution < 1.29 is 44.1 Å². The summed E-state index contributed by atoms with van der Waals surface area (Å²) in [6.07, 6.45) is -0.318. The molecule has 0 spiro atoms. The number of fused-ring (bicyclic) bond motifs is 1. The first-order valence-electron chi connectivity index (χ1n) is 11.7. The van der Waals surface area contributed by atoms with Crippen LogP contribution >= 0.6 is 0 Å². The van der Waals surface area contributed by atoms with E-state index in [0.29, 0.717) is 10.9 Å². The highest BCUT2D eigenvalue weighted by Gasteiger charge is 2.33. The number of hydrogen-bond acceptors (Lipinski definition) is 7. The molecule has 0 fully saturated rings. The molecular formula is C24H31N5O9. The van der Waals surface area contributed by atoms with Gasteiger partial charge in [0.2, 0.25) is 17.7 Å². The summed E-state index contributed by atoms with van der Waals surface area (Å²) in [4.78, 5) is 75.5. The van der Waals surface area contributed by atoms with Crippen molar-refractivity contribution in [2.24, 2.45) is 11.7 Å². The van der Waals surface area contributed by atoms with Gasteiger partial charge in [0, 0.05) is 23.5 Å². The number of H-pyrrole nitrogens is 1. The number of rotatable bonds is 14. The van der Waals surface area contributed by atoms with Crippen molar-refractivity contribution in [3.8, 4) is 0 Å². The van der Waals surface area contributed by atoms with Gasteiger partial charge >= 0.3 is 17.9 Å². The summed E-state index contributed by atoms with van der Waals surface area (Å²) < 4.78 is 0. The second-order valence-electron chi connectivity index (χ2n) is 9.05. The highest BCUT2D eigenvalue weighted by Crippen LogP contribution is 2.19. The monoisotopic (exact) mass is 533 g/mol. The van der Waals surface area contributed by atoms with Gasteiger partial charge in [-0.1, -0.05) is 32.0 Å². The number of carbonyl (C=O) groups is 6. The summed E-state index contributed by atoms with van der Waals surface area (Å²) in [6.45, 7) is 3.32. The molecule has 0 aliphatic rings. The Labute approximate surface area is 217 Å². The van der Waals surface area contributed by atoms with Crippen LogP contribution in [0.15, 0.2) is 30.5 Å². The van der Waals surface area contributed by atoms with Crippen molar-refractivity contribution in [3.63, 3.8) is 0 Å². The zero-order chi connectivity index (χ0) is 28.6. The van der Waals surface area contributed by atoms with Crippen LogP contribution in [0, 0.1) is 5.92 Å². The maximum Gasteiger partial charge on any atom is 0.326 e. The van der Waals surface area contributed by atoms with Crippen LogP contribution in [0.4, 0.5) is 0 Å². The van der Waals surface area contributed by atoms with E-state index in [4.69, 9.17) is 10.8 Å². The van der Waals surface area contributed by atoms with Crippen LogP contribution in [0.5, 0.6) is 0 Å². The van der Waals surface area contributed by atoms with Crippen LogP contribution < -0.4 is 21.7 Å². The molecule has 3 amide bonds. The van der Waals surface area contributed by atoms with Crippen molar-refractivity contribution in [3.05, 3.63) is 36.0 Å². The van der Waals surface area contributed by atoms with Gasteiger partial charge in [0.1, 0.15) is 18.1 Å². The molecule has 2 aromatic rings. The summed E-state index contributed by atoms with van der Waals surface area (Å²) in [6, 6.07) is 1.18. The number of aromatic nitrogens is 1. The van der Waals surface area contributed by atoms with E-state index in [1.165, 1.54) is 0 Å². The van der Waals surface area contributed by atoms with Crippen molar-refractivity contribution in [2.75, 3.05) is 0 Å². The third-order valence-corrected chi connectivity index (χ3v) is 5.76. The summed E-state index contributed by atoms with van der Waals surface area (Å²) in [5, 5.41) is 35.0. The first kappa shape index (κ1) is 29.8. The van der Waals surface area contributed by atoms with E-state index in [9.17, 15) is 39.0 Å². The molecule has 2 rings (SSSR count). The van der Waals surface area contributed by atoms with Gasteiger partial charge in [0.15, 0.2) is 0 Å². The van der Waals surface area contributed by atoms with Gasteiger partial charge in [-0.2, -0.15) is 0 Å². The normalized spacial score (nSPS) is 14.2. The van der Waals surface area contributed by atoms with Gasteiger partial charge in [-0.3, -0.25) is 24.0 Å². The molecule has 0 saturated heterocycles. The molecule has 4 unspecified atom stereocenters. The zero-order valence-corrected chi connectivity index (χ0v) is 20.8. The molecular weight excluding hydrogens is 502 g/mol. The lowest BCUT2D eigenvalue weighted by Crippen LogP contribution is -2.58. The highest BCUT2D eigenvalue weighted by molar-refractivity contribution is 5.96. The molecule has 14 nitrogen and oxygen atoms in total. The van der Waals surface area contributed by atoms with E-state index in [0.717, 1.165) is 5.52 Å². The van der Waals surface area contributed by atoms with Gasteiger partial charge in [-0.15, -0.1) is 0 Å². The van der Waals surface area contributed by atoms with Crippen LogP contribution in [0.3, 0.4) is 0 Å². The minimum Gasteiger partial charge on any atom is -0.481 e. The number of nitrogens with two attached hydrogens (primary N) is 1.